The number of nitrogens with zero attached hydrogens (tertiary/aromatic N) is 9. The van der Waals surface area contributed by atoms with Crippen LogP contribution in [0, 0.1) is 5.41 Å². The molecule has 0 fully saturated rings. The molecule has 8 aromatic carbocycles. The number of carbonyl (C=O) groups excluding carboxylic acids is 4. The van der Waals surface area contributed by atoms with Crippen molar-refractivity contribution in [3.8, 4) is 0 Å². The van der Waals surface area contributed by atoms with E-state index in [9.17, 15) is 24.3 Å². The van der Waals surface area contributed by atoms with E-state index < -0.39 is 0 Å². The number of amides is 4. The Morgan fingerprint density at radius 3 is 1.02 bits per heavy atom. The lowest BCUT2D eigenvalue weighted by Crippen LogP contribution is -2.22. The molecule has 0 atom stereocenters. The summed E-state index contributed by atoms with van der Waals surface area (Å²) in [6.07, 6.45) is 18.5. The number of fused-ring (bicyclic) bond motifs is 16. The average molecular weight is 1690 g/mol. The summed E-state index contributed by atoms with van der Waals surface area (Å²) in [5.74, 6) is 1.12. The van der Waals surface area contributed by atoms with Gasteiger partial charge in [-0.2, -0.15) is 4.98 Å². The van der Waals surface area contributed by atoms with Crippen molar-refractivity contribution in [1.82, 2.24) is 64.5 Å². The van der Waals surface area contributed by atoms with Gasteiger partial charge < -0.3 is 73.3 Å². The lowest BCUT2D eigenvalue weighted by molar-refractivity contribution is 0.0943. The van der Waals surface area contributed by atoms with Crippen LogP contribution < -0.4 is 49.9 Å². The van der Waals surface area contributed by atoms with Gasteiger partial charge in [-0.05, 0) is 301 Å². The highest BCUT2D eigenvalue weighted by Crippen LogP contribution is 2.38. The number of carbonyl (C=O) groups is 4. The Bertz CT molecular complexity index is 6900. The molecule has 8 heterocycles. The molecule has 4 amide bonds. The minimum absolute atomic E-state index is 0. The Morgan fingerprint density at radius 2 is 0.672 bits per heavy atom. The van der Waals surface area contributed by atoms with E-state index in [1.807, 2.05) is 127 Å². The first kappa shape index (κ1) is 84.9. The Morgan fingerprint density at radius 1 is 0.360 bits per heavy atom. The molecule has 8 aromatic heterocycles. The zero-order valence-corrected chi connectivity index (χ0v) is 71.7. The molecule has 0 radical (unpaired) electrons. The van der Waals surface area contributed by atoms with Crippen LogP contribution in [0.4, 0.5) is 23.4 Å². The summed E-state index contributed by atoms with van der Waals surface area (Å²) in [4.78, 5) is 73.0. The molecule has 125 heavy (non-hydrogen) atoms. The number of hydrogen-bond acceptors (Lipinski definition) is 15. The van der Waals surface area contributed by atoms with Gasteiger partial charge >= 0.3 is 0 Å². The molecule has 4 aliphatic carbocycles. The van der Waals surface area contributed by atoms with Crippen molar-refractivity contribution in [1.29, 1.82) is 5.41 Å². The van der Waals surface area contributed by atoms with Gasteiger partial charge in [-0.3, -0.25) is 24.6 Å². The van der Waals surface area contributed by atoms with E-state index in [-0.39, 0.29) is 54.4 Å². The van der Waals surface area contributed by atoms with E-state index in [4.69, 9.17) is 34.1 Å². The van der Waals surface area contributed by atoms with Crippen molar-refractivity contribution in [2.24, 2.45) is 5.73 Å². The second-order valence-electron chi connectivity index (χ2n) is 32.8. The minimum Gasteiger partial charge on any atom is -0.395 e. The molecular weight excluding hydrogens is 1580 g/mol. The fraction of sp³-hybridized carbons (Fsp3) is 0.280. The van der Waals surface area contributed by atoms with Crippen molar-refractivity contribution < 1.29 is 24.3 Å². The first-order chi connectivity index (χ1) is 60.4. The van der Waals surface area contributed by atoms with Gasteiger partial charge in [0, 0.05) is 163 Å². The Balaban J connectivity index is 0.000000123. The zero-order valence-electron chi connectivity index (χ0n) is 70.9. The van der Waals surface area contributed by atoms with Crippen LogP contribution in [-0.4, -0.2) is 84.4 Å². The minimum atomic E-state index is -0.0954. The maximum absolute atomic E-state index is 12.9. The number of nitrogen functional groups attached to an aromatic ring is 5. The molecule has 20 rings (SSSR count). The number of hydrogen-bond donors (Lipinski definition) is 11. The van der Waals surface area contributed by atoms with Crippen LogP contribution in [0.15, 0.2) is 182 Å². The van der Waals surface area contributed by atoms with Gasteiger partial charge in [-0.1, -0.05) is 48.5 Å². The quantitative estimate of drug-likeness (QED) is 0.0281. The third kappa shape index (κ3) is 17.7. The van der Waals surface area contributed by atoms with Crippen LogP contribution in [0.5, 0.6) is 0 Å². The molecule has 0 bridgehead atoms. The fourth-order valence-electron chi connectivity index (χ4n) is 19.0. The number of aromatic nitrogens is 9. The number of benzene rings is 8. The first-order valence-electron chi connectivity index (χ1n) is 43.5. The highest BCUT2D eigenvalue weighted by molar-refractivity contribution is 6.03. The molecule has 4 aliphatic rings. The second kappa shape index (κ2) is 37.2. The van der Waals surface area contributed by atoms with E-state index in [1.165, 1.54) is 129 Å². The van der Waals surface area contributed by atoms with Gasteiger partial charge in [-0.25, -0.2) is 19.9 Å². The maximum atomic E-state index is 12.9. The fourth-order valence-corrected chi connectivity index (χ4v) is 19.0. The van der Waals surface area contributed by atoms with Crippen LogP contribution >= 0.6 is 12.4 Å². The average Bonchev–Trinajstić information content (AvgIpc) is 1.62. The van der Waals surface area contributed by atoms with Crippen molar-refractivity contribution in [3.05, 3.63) is 277 Å². The molecule has 0 unspecified atom stereocenters. The molecule has 0 saturated carbocycles. The third-order valence-electron chi connectivity index (χ3n) is 25.0. The largest absolute Gasteiger partial charge is 0.395 e. The Kier molecular flexibility index (Phi) is 25.2. The number of pyridine rings is 3. The van der Waals surface area contributed by atoms with Gasteiger partial charge in [0.2, 0.25) is 5.95 Å². The lowest BCUT2D eigenvalue weighted by Gasteiger charge is -2.15. The van der Waals surface area contributed by atoms with Gasteiger partial charge in [0.1, 0.15) is 29.0 Å². The van der Waals surface area contributed by atoms with Crippen molar-refractivity contribution in [2.75, 3.05) is 29.5 Å². The van der Waals surface area contributed by atoms with E-state index in [0.717, 1.165) is 142 Å². The summed E-state index contributed by atoms with van der Waals surface area (Å²) < 4.78 is 9.45. The number of nitrogens with two attached hydrogens (primary N) is 5. The predicted molar refractivity (Wildman–Crippen MR) is 504 cm³/mol. The molecule has 0 saturated heterocycles. The summed E-state index contributed by atoms with van der Waals surface area (Å²) in [5, 5.41) is 37.8. The normalized spacial score (nSPS) is 13.3. The molecule has 24 nitrogen and oxygen atoms in total. The second-order valence-corrected chi connectivity index (χ2v) is 32.8. The van der Waals surface area contributed by atoms with E-state index >= 15 is 0 Å². The summed E-state index contributed by atoms with van der Waals surface area (Å²) >= 11 is 0. The first-order valence-corrected chi connectivity index (χ1v) is 43.5. The highest BCUT2D eigenvalue weighted by Gasteiger charge is 2.27. The molecule has 0 spiro atoms. The number of rotatable bonds is 18. The van der Waals surface area contributed by atoms with Gasteiger partial charge in [0.15, 0.2) is 0 Å². The number of aliphatic hydroxyl groups is 1. The molecule has 638 valence electrons. The van der Waals surface area contributed by atoms with Crippen LogP contribution in [0.2, 0.25) is 0 Å². The Labute approximate surface area is 730 Å². The topological polar surface area (TPSA) is 375 Å². The number of halogens is 1. The molecule has 25 heteroatoms. The predicted octanol–water partition coefficient (Wildman–Crippen LogP) is 16.5. The molecule has 16 N–H and O–H groups in total. The van der Waals surface area contributed by atoms with Crippen molar-refractivity contribution in [3.63, 3.8) is 0 Å². The highest BCUT2D eigenvalue weighted by atomic mass is 35.5. The molecular formula is C100H106ClN19O5. The Hall–Kier alpha value is -13.7. The SMILES string of the molecule is CCn1c2c(c3cc(C(=O)NCc4ccc5c(N)nc(N)nc5c4)ccc31)CCCC2.CCn1c2c(c3cc(C(=O)NCc4ccc5ccc(C(=N)N)nc5c4)ccc31)CCCC2.CCn1c2c(c3cc(C(=O)NCc4ccc5ccc(N)nc5c4)ccc31)CCCC2.Cl.Nc1ccc2ccc(CNC(=O)c3ccc4c(c3)c3c(n4CCO)CCCC3)cc2n1. The zero-order chi connectivity index (χ0) is 85.8. The summed E-state index contributed by atoms with van der Waals surface area (Å²) in [6.45, 7) is 11.8. The van der Waals surface area contributed by atoms with Crippen molar-refractivity contribution >= 4 is 152 Å². The number of aliphatic hydroxyl groups excluding tert-OH is 1. The number of aryl methyl sites for hydroxylation is 7. The maximum Gasteiger partial charge on any atom is 0.251 e. The number of nitrogens with one attached hydrogen (secondary N) is 5. The molecule has 16 aromatic rings. The number of amidine groups is 1. The van der Waals surface area contributed by atoms with Gasteiger partial charge in [0.05, 0.1) is 28.7 Å². The van der Waals surface area contributed by atoms with Crippen molar-refractivity contribution in [2.45, 2.75) is 176 Å². The summed E-state index contributed by atoms with van der Waals surface area (Å²) in [6, 6.07) is 58.8. The molecule has 0 aliphatic heterocycles. The van der Waals surface area contributed by atoms with Crippen LogP contribution in [0.1, 0.15) is 187 Å². The van der Waals surface area contributed by atoms with E-state index in [2.05, 4.69) is 122 Å². The van der Waals surface area contributed by atoms with Crippen LogP contribution in [0.3, 0.4) is 0 Å². The smallest absolute Gasteiger partial charge is 0.251 e. The van der Waals surface area contributed by atoms with Gasteiger partial charge in [0.25, 0.3) is 23.6 Å². The van der Waals surface area contributed by atoms with Crippen LogP contribution in [0.25, 0.3) is 87.2 Å². The third-order valence-corrected chi connectivity index (χ3v) is 25.0. The standard InChI is InChI=1S/C26H27N5O.C25H26N4O2.C25H26N4O.C24H26N6O.ClH/c1-2-31-23-6-4-3-5-19(23)20-14-18(10-12-24(20)31)26(32)29-15-16-7-8-17-9-11-21(25(27)28)30-22(17)13-16;26-24-10-8-17-6-5-16(13-21(17)28-24)15-27-25(31)18-7-9-23-20(14-18)19-3-1-2-4-22(19)29(23)11-12-30;1-2-29-22-6-4-3-5-19(22)20-14-18(9-11-23(20)29)25(30)27-15-16-7-8-17-10-12-24(26)28-21(17)13-16;1-2-30-20-6-4-3-5-16(20)18-12-15(8-10-21(18)30)23(31)27-13-14-7-9-17-19(11-14)28-24(26)29-22(17)25;/h7-14H,2-6,15H2,1H3,(H3,27,28)(H,29,32);5-10,13-14,30H,1-4,11-12,15H2,(H2,26,28)(H,27,31);7-14H,2-6,15H2,1H3,(H2,26,28)(H,27,30);7-12H,2-6,13H2,1H3,(H,27,31)(H4,25,26,28,29);1H. The van der Waals surface area contributed by atoms with E-state index in [1.54, 1.807) is 18.2 Å². The van der Waals surface area contributed by atoms with E-state index in [0.29, 0.717) is 83.6 Å². The number of anilines is 4. The van der Waals surface area contributed by atoms with Gasteiger partial charge in [-0.15, -0.1) is 12.4 Å². The summed E-state index contributed by atoms with van der Waals surface area (Å²) in [7, 11) is 0. The van der Waals surface area contributed by atoms with Crippen LogP contribution in [-0.2, 0) is 104 Å². The monoisotopic (exact) mass is 1690 g/mol. The lowest BCUT2D eigenvalue weighted by atomic mass is 9.95. The summed E-state index contributed by atoms with van der Waals surface area (Å²) in [5.41, 5.74) is 55.0.